The maximum absolute atomic E-state index is 7.81. The van der Waals surface area contributed by atoms with Crippen molar-refractivity contribution in [3.8, 4) is 11.3 Å². The Morgan fingerprint density at radius 1 is 1.04 bits per heavy atom. The number of pyridine rings is 1. The minimum Gasteiger partial charge on any atom is -0.457 e. The van der Waals surface area contributed by atoms with Gasteiger partial charge in [0.05, 0.1) is 12.1 Å². The monoisotopic (exact) mass is 313 g/mol. The van der Waals surface area contributed by atoms with Crippen LogP contribution in [0, 0.1) is 20.4 Å². The molecule has 0 aliphatic heterocycles. The predicted molar refractivity (Wildman–Crippen MR) is 96.1 cm³/mol. The summed E-state index contributed by atoms with van der Waals surface area (Å²) in [5, 5.41) is 1.91. The second-order valence-electron chi connectivity index (χ2n) is 6.20. The SMILES string of the molecule is [C-]#[N+]c1c(-c2cccc[n+]2C)c(C)cc2oc3cc(C)ccc3c12. The van der Waals surface area contributed by atoms with E-state index in [1.165, 1.54) is 0 Å². The topological polar surface area (TPSA) is 21.4 Å². The molecule has 2 aromatic heterocycles. The van der Waals surface area contributed by atoms with Crippen molar-refractivity contribution in [2.75, 3.05) is 0 Å². The van der Waals surface area contributed by atoms with E-state index in [9.17, 15) is 0 Å². The Bertz CT molecular complexity index is 1150. The smallest absolute Gasteiger partial charge is 0.212 e. The molecule has 4 aromatic rings. The quantitative estimate of drug-likeness (QED) is 0.347. The second kappa shape index (κ2) is 5.21. The first kappa shape index (κ1) is 14.5. The van der Waals surface area contributed by atoms with Crippen molar-refractivity contribution in [2.45, 2.75) is 13.8 Å². The van der Waals surface area contributed by atoms with Crippen molar-refractivity contribution < 1.29 is 8.98 Å². The van der Waals surface area contributed by atoms with Crippen molar-refractivity contribution in [1.29, 1.82) is 0 Å². The van der Waals surface area contributed by atoms with E-state index in [1.54, 1.807) is 0 Å². The molecule has 0 bridgehead atoms. The fourth-order valence-electron chi connectivity index (χ4n) is 3.37. The van der Waals surface area contributed by atoms with Gasteiger partial charge in [-0.3, -0.25) is 0 Å². The van der Waals surface area contributed by atoms with Gasteiger partial charge in [-0.2, -0.15) is 0 Å². The molecule has 0 aliphatic carbocycles. The molecule has 24 heavy (non-hydrogen) atoms. The van der Waals surface area contributed by atoms with Crippen LogP contribution < -0.4 is 4.57 Å². The van der Waals surface area contributed by atoms with Crippen LogP contribution in [0.15, 0.2) is 53.1 Å². The van der Waals surface area contributed by atoms with Crippen molar-refractivity contribution in [2.24, 2.45) is 7.05 Å². The van der Waals surface area contributed by atoms with Crippen molar-refractivity contribution in [3.63, 3.8) is 0 Å². The van der Waals surface area contributed by atoms with Crippen LogP contribution in [0.2, 0.25) is 0 Å². The highest BCUT2D eigenvalue weighted by Crippen LogP contribution is 2.43. The molecule has 0 saturated heterocycles. The molecule has 3 heteroatoms. The fourth-order valence-corrected chi connectivity index (χ4v) is 3.37. The molecule has 0 fully saturated rings. The highest BCUT2D eigenvalue weighted by Gasteiger charge is 2.22. The van der Waals surface area contributed by atoms with E-state index in [4.69, 9.17) is 11.0 Å². The lowest BCUT2D eigenvalue weighted by molar-refractivity contribution is -0.660. The Labute approximate surface area is 140 Å². The molecule has 0 saturated carbocycles. The average molecular weight is 313 g/mol. The molecular weight excluding hydrogens is 296 g/mol. The lowest BCUT2D eigenvalue weighted by Gasteiger charge is -2.08. The van der Waals surface area contributed by atoms with Gasteiger partial charge in [0.15, 0.2) is 6.20 Å². The first-order chi connectivity index (χ1) is 11.6. The van der Waals surface area contributed by atoms with Crippen LogP contribution in [0.1, 0.15) is 11.1 Å². The van der Waals surface area contributed by atoms with Crippen molar-refractivity contribution in [3.05, 3.63) is 71.2 Å². The van der Waals surface area contributed by atoms with Crippen LogP contribution in [0.4, 0.5) is 5.69 Å². The summed E-state index contributed by atoms with van der Waals surface area (Å²) in [6, 6.07) is 14.2. The third-order valence-electron chi connectivity index (χ3n) is 4.51. The number of aryl methyl sites for hydroxylation is 3. The largest absolute Gasteiger partial charge is 0.457 e. The fraction of sp³-hybridized carbons (Fsp3) is 0.143. The molecule has 0 spiro atoms. The van der Waals surface area contributed by atoms with Gasteiger partial charge in [0, 0.05) is 22.9 Å². The third-order valence-corrected chi connectivity index (χ3v) is 4.51. The number of benzene rings is 2. The van der Waals surface area contributed by atoms with Crippen LogP contribution in [-0.4, -0.2) is 0 Å². The standard InChI is InChI=1S/C21H17N2O/c1-13-8-9-15-17(11-13)24-18-12-14(2)19(21(22-3)20(15)18)16-7-5-6-10-23(16)4/h5-12H,1-2,4H3/q+1. The number of hydrogen-bond donors (Lipinski definition) is 0. The zero-order chi connectivity index (χ0) is 16.8. The number of furan rings is 1. The number of rotatable bonds is 1. The van der Waals surface area contributed by atoms with Crippen LogP contribution in [0.25, 0.3) is 38.0 Å². The van der Waals surface area contributed by atoms with Gasteiger partial charge in [0.25, 0.3) is 0 Å². The minimum absolute atomic E-state index is 0.661. The summed E-state index contributed by atoms with van der Waals surface area (Å²) in [6.07, 6.45) is 2.00. The Morgan fingerprint density at radius 3 is 2.62 bits per heavy atom. The summed E-state index contributed by atoms with van der Waals surface area (Å²) in [6.45, 7) is 11.9. The zero-order valence-electron chi connectivity index (χ0n) is 13.9. The van der Waals surface area contributed by atoms with E-state index in [-0.39, 0.29) is 0 Å². The summed E-state index contributed by atoms with van der Waals surface area (Å²) in [4.78, 5) is 3.90. The molecule has 0 atom stereocenters. The predicted octanol–water partition coefficient (Wildman–Crippen LogP) is 5.25. The summed E-state index contributed by atoms with van der Waals surface area (Å²) >= 11 is 0. The molecule has 0 unspecified atom stereocenters. The van der Waals surface area contributed by atoms with Gasteiger partial charge in [0.1, 0.15) is 18.2 Å². The van der Waals surface area contributed by atoms with E-state index in [1.807, 2.05) is 51.4 Å². The molecular formula is C21H17N2O+. The van der Waals surface area contributed by atoms with E-state index in [0.29, 0.717) is 5.69 Å². The number of fused-ring (bicyclic) bond motifs is 3. The summed E-state index contributed by atoms with van der Waals surface area (Å²) < 4.78 is 8.08. The van der Waals surface area contributed by atoms with Crippen molar-refractivity contribution in [1.82, 2.24) is 0 Å². The molecule has 4 rings (SSSR count). The Kier molecular flexibility index (Phi) is 3.14. The number of nitrogens with zero attached hydrogens (tertiary/aromatic N) is 2. The number of aromatic nitrogens is 1. The Balaban J connectivity index is 2.20. The molecule has 116 valence electrons. The Hall–Kier alpha value is -3.12. The van der Waals surface area contributed by atoms with Crippen LogP contribution >= 0.6 is 0 Å². The molecule has 2 aromatic carbocycles. The van der Waals surface area contributed by atoms with Gasteiger partial charge in [-0.15, -0.1) is 0 Å². The van der Waals surface area contributed by atoms with Gasteiger partial charge in [0.2, 0.25) is 11.4 Å². The normalized spacial score (nSPS) is 11.1. The van der Waals surface area contributed by atoms with Crippen LogP contribution in [0.5, 0.6) is 0 Å². The minimum atomic E-state index is 0.661. The van der Waals surface area contributed by atoms with Gasteiger partial charge in [-0.05, 0) is 43.2 Å². The zero-order valence-corrected chi connectivity index (χ0v) is 13.9. The maximum Gasteiger partial charge on any atom is 0.212 e. The van der Waals surface area contributed by atoms with Gasteiger partial charge in [-0.25, -0.2) is 9.41 Å². The average Bonchev–Trinajstić information content (AvgIpc) is 2.91. The summed E-state index contributed by atoms with van der Waals surface area (Å²) in [5.41, 5.74) is 6.48. The summed E-state index contributed by atoms with van der Waals surface area (Å²) in [7, 11) is 2.00. The highest BCUT2D eigenvalue weighted by atomic mass is 16.3. The van der Waals surface area contributed by atoms with Gasteiger partial charge < -0.3 is 4.42 Å². The van der Waals surface area contributed by atoms with Gasteiger partial charge >= 0.3 is 0 Å². The van der Waals surface area contributed by atoms with E-state index >= 15 is 0 Å². The second-order valence-corrected chi connectivity index (χ2v) is 6.20. The number of hydrogen-bond acceptors (Lipinski definition) is 1. The van der Waals surface area contributed by atoms with Crippen LogP contribution in [0.3, 0.4) is 0 Å². The van der Waals surface area contributed by atoms with E-state index in [0.717, 1.165) is 44.3 Å². The Morgan fingerprint density at radius 2 is 1.88 bits per heavy atom. The van der Waals surface area contributed by atoms with E-state index < -0.39 is 0 Å². The molecule has 0 radical (unpaired) electrons. The maximum atomic E-state index is 7.81. The highest BCUT2D eigenvalue weighted by molar-refractivity contribution is 6.15. The molecule has 2 heterocycles. The van der Waals surface area contributed by atoms with Crippen LogP contribution in [-0.2, 0) is 7.05 Å². The van der Waals surface area contributed by atoms with Gasteiger partial charge in [-0.1, -0.05) is 12.1 Å². The first-order valence-electron chi connectivity index (χ1n) is 7.89. The first-order valence-corrected chi connectivity index (χ1v) is 7.89. The molecule has 3 nitrogen and oxygen atoms in total. The third kappa shape index (κ3) is 2.00. The lowest BCUT2D eigenvalue weighted by Crippen LogP contribution is -2.30. The van der Waals surface area contributed by atoms with E-state index in [2.05, 4.69) is 27.6 Å². The molecule has 0 amide bonds. The molecule has 0 N–H and O–H groups in total. The lowest BCUT2D eigenvalue weighted by atomic mass is 9.98. The summed E-state index contributed by atoms with van der Waals surface area (Å²) in [5.74, 6) is 0. The van der Waals surface area contributed by atoms with Crippen molar-refractivity contribution >= 4 is 27.6 Å². The molecule has 0 aliphatic rings.